The molecule has 8 nitrogen and oxygen atoms in total. The van der Waals surface area contributed by atoms with Gasteiger partial charge in [-0.3, -0.25) is 29.4 Å². The first-order chi connectivity index (χ1) is 14.0. The number of aromatic nitrogens is 3. The standard InChI is InChI=1S/C21H21N5O3/c1-26-13-15(19(25-26)16-9-5-6-10-23-16)18(27)12-24-17(20(28)21(22)29)11-14-7-3-2-4-8-14/h2-10,13,17,24H,11-12H2,1H3,(H2,22,29). The number of amides is 1. The van der Waals surface area contributed by atoms with E-state index in [2.05, 4.69) is 15.4 Å². The number of hydrogen-bond donors (Lipinski definition) is 2. The topological polar surface area (TPSA) is 120 Å². The van der Waals surface area contributed by atoms with Crippen molar-refractivity contribution in [2.75, 3.05) is 6.54 Å². The average molecular weight is 391 g/mol. The molecule has 1 aromatic carbocycles. The lowest BCUT2D eigenvalue weighted by Crippen LogP contribution is -2.46. The second-order valence-electron chi connectivity index (χ2n) is 6.55. The Kier molecular flexibility index (Phi) is 6.25. The van der Waals surface area contributed by atoms with E-state index in [9.17, 15) is 14.4 Å². The van der Waals surface area contributed by atoms with Gasteiger partial charge in [0.2, 0.25) is 5.78 Å². The maximum atomic E-state index is 12.8. The summed E-state index contributed by atoms with van der Waals surface area (Å²) in [5.41, 5.74) is 7.44. The van der Waals surface area contributed by atoms with Gasteiger partial charge >= 0.3 is 0 Å². The van der Waals surface area contributed by atoms with Crippen LogP contribution in [-0.4, -0.2) is 44.8 Å². The fourth-order valence-electron chi connectivity index (χ4n) is 2.97. The first-order valence-corrected chi connectivity index (χ1v) is 9.05. The van der Waals surface area contributed by atoms with Crippen molar-refractivity contribution < 1.29 is 14.4 Å². The molecule has 3 aromatic rings. The Morgan fingerprint density at radius 3 is 2.48 bits per heavy atom. The fourth-order valence-corrected chi connectivity index (χ4v) is 2.97. The predicted molar refractivity (Wildman–Crippen MR) is 107 cm³/mol. The highest BCUT2D eigenvalue weighted by molar-refractivity contribution is 6.37. The molecule has 0 bridgehead atoms. The first kappa shape index (κ1) is 20.1. The Balaban J connectivity index is 1.77. The number of nitrogens with two attached hydrogens (primary N) is 1. The second kappa shape index (κ2) is 9.03. The molecule has 2 aromatic heterocycles. The number of benzene rings is 1. The maximum Gasteiger partial charge on any atom is 0.286 e. The van der Waals surface area contributed by atoms with Crippen molar-refractivity contribution in [1.29, 1.82) is 0 Å². The summed E-state index contributed by atoms with van der Waals surface area (Å²) in [5.74, 6) is -2.08. The Morgan fingerprint density at radius 2 is 1.83 bits per heavy atom. The van der Waals surface area contributed by atoms with E-state index in [0.29, 0.717) is 17.0 Å². The summed E-state index contributed by atoms with van der Waals surface area (Å²) in [6.07, 6.45) is 3.48. The summed E-state index contributed by atoms with van der Waals surface area (Å²) in [6.45, 7) is -0.151. The normalized spacial score (nSPS) is 11.8. The summed E-state index contributed by atoms with van der Waals surface area (Å²) in [7, 11) is 1.71. The van der Waals surface area contributed by atoms with Crippen LogP contribution in [0, 0.1) is 0 Å². The molecule has 1 atom stereocenters. The number of ketones is 2. The first-order valence-electron chi connectivity index (χ1n) is 9.05. The highest BCUT2D eigenvalue weighted by Crippen LogP contribution is 2.19. The summed E-state index contributed by atoms with van der Waals surface area (Å²) in [5, 5.41) is 7.20. The van der Waals surface area contributed by atoms with Crippen molar-refractivity contribution in [2.45, 2.75) is 12.5 Å². The number of primary amides is 1. The van der Waals surface area contributed by atoms with Crippen molar-refractivity contribution in [3.05, 3.63) is 72.1 Å². The van der Waals surface area contributed by atoms with E-state index in [1.165, 1.54) is 4.68 Å². The predicted octanol–water partition coefficient (Wildman–Crippen LogP) is 0.920. The third-order valence-electron chi connectivity index (χ3n) is 4.39. The van der Waals surface area contributed by atoms with Crippen LogP contribution in [-0.2, 0) is 23.1 Å². The van der Waals surface area contributed by atoms with Gasteiger partial charge in [0.15, 0.2) is 5.78 Å². The molecule has 1 unspecified atom stereocenters. The number of rotatable bonds is 9. The van der Waals surface area contributed by atoms with Crippen molar-refractivity contribution in [3.63, 3.8) is 0 Å². The lowest BCUT2D eigenvalue weighted by molar-refractivity contribution is -0.137. The highest BCUT2D eigenvalue weighted by Gasteiger charge is 2.25. The minimum Gasteiger partial charge on any atom is -0.363 e. The Morgan fingerprint density at radius 1 is 1.10 bits per heavy atom. The number of pyridine rings is 1. The van der Waals surface area contributed by atoms with Crippen molar-refractivity contribution in [3.8, 4) is 11.4 Å². The second-order valence-corrected chi connectivity index (χ2v) is 6.55. The molecular formula is C21H21N5O3. The zero-order chi connectivity index (χ0) is 20.8. The Hall–Kier alpha value is -3.65. The van der Waals surface area contributed by atoms with Crippen molar-refractivity contribution in [1.82, 2.24) is 20.1 Å². The number of aryl methyl sites for hydroxylation is 1. The molecule has 148 valence electrons. The van der Waals surface area contributed by atoms with Gasteiger partial charge in [0.25, 0.3) is 5.91 Å². The minimum atomic E-state index is -1.04. The van der Waals surface area contributed by atoms with Crippen molar-refractivity contribution in [2.24, 2.45) is 12.8 Å². The van der Waals surface area contributed by atoms with E-state index >= 15 is 0 Å². The number of nitrogens with zero attached hydrogens (tertiary/aromatic N) is 3. The number of carbonyl (C=O) groups is 3. The van der Waals surface area contributed by atoms with Crippen LogP contribution in [0.15, 0.2) is 60.9 Å². The lowest BCUT2D eigenvalue weighted by Gasteiger charge is -2.16. The van der Waals surface area contributed by atoms with E-state index in [1.54, 1.807) is 31.6 Å². The van der Waals surface area contributed by atoms with Crippen LogP contribution < -0.4 is 11.1 Å². The molecule has 0 aliphatic carbocycles. The van der Waals surface area contributed by atoms with Crippen LogP contribution in [0.1, 0.15) is 15.9 Å². The molecule has 0 saturated heterocycles. The Labute approximate surface area is 167 Å². The van der Waals surface area contributed by atoms with Gasteiger partial charge in [-0.05, 0) is 24.1 Å². The Bertz CT molecular complexity index is 1020. The third kappa shape index (κ3) is 4.99. The zero-order valence-corrected chi connectivity index (χ0v) is 15.9. The molecule has 2 heterocycles. The zero-order valence-electron chi connectivity index (χ0n) is 15.9. The van der Waals surface area contributed by atoms with Gasteiger partial charge in [0.1, 0.15) is 5.69 Å². The average Bonchev–Trinajstić information content (AvgIpc) is 3.13. The maximum absolute atomic E-state index is 12.8. The van der Waals surface area contributed by atoms with Crippen LogP contribution in [0.4, 0.5) is 0 Å². The van der Waals surface area contributed by atoms with Gasteiger partial charge < -0.3 is 5.73 Å². The molecule has 3 rings (SSSR count). The molecule has 29 heavy (non-hydrogen) atoms. The van der Waals surface area contributed by atoms with E-state index in [1.807, 2.05) is 36.4 Å². The minimum absolute atomic E-state index is 0.151. The molecule has 0 radical (unpaired) electrons. The highest BCUT2D eigenvalue weighted by atomic mass is 16.2. The number of nitrogens with one attached hydrogen (secondary N) is 1. The summed E-state index contributed by atoms with van der Waals surface area (Å²) < 4.78 is 1.53. The van der Waals surface area contributed by atoms with E-state index < -0.39 is 17.7 Å². The van der Waals surface area contributed by atoms with E-state index in [-0.39, 0.29) is 18.7 Å². The molecule has 0 spiro atoms. The molecular weight excluding hydrogens is 370 g/mol. The summed E-state index contributed by atoms with van der Waals surface area (Å²) in [4.78, 5) is 40.7. The molecule has 1 amide bonds. The molecule has 3 N–H and O–H groups in total. The molecule has 0 saturated carbocycles. The van der Waals surface area contributed by atoms with Gasteiger partial charge in [0, 0.05) is 19.4 Å². The van der Waals surface area contributed by atoms with E-state index in [0.717, 1.165) is 5.56 Å². The van der Waals surface area contributed by atoms with Crippen molar-refractivity contribution >= 4 is 17.5 Å². The number of carbonyl (C=O) groups excluding carboxylic acids is 3. The monoisotopic (exact) mass is 391 g/mol. The molecule has 0 aliphatic rings. The number of Topliss-reactive ketones (excluding diaryl/α,β-unsaturated/α-hetero) is 2. The van der Waals surface area contributed by atoms with Crippen LogP contribution in [0.25, 0.3) is 11.4 Å². The lowest BCUT2D eigenvalue weighted by atomic mass is 10.0. The van der Waals surface area contributed by atoms with Crippen LogP contribution in [0.5, 0.6) is 0 Å². The van der Waals surface area contributed by atoms with Crippen LogP contribution in [0.2, 0.25) is 0 Å². The molecule has 0 aliphatic heterocycles. The van der Waals surface area contributed by atoms with Gasteiger partial charge in [-0.1, -0.05) is 36.4 Å². The molecule has 0 fully saturated rings. The quantitative estimate of drug-likeness (QED) is 0.413. The van der Waals surface area contributed by atoms with E-state index in [4.69, 9.17) is 5.73 Å². The largest absolute Gasteiger partial charge is 0.363 e. The summed E-state index contributed by atoms with van der Waals surface area (Å²) in [6, 6.07) is 13.7. The van der Waals surface area contributed by atoms with Gasteiger partial charge in [-0.25, -0.2) is 0 Å². The smallest absolute Gasteiger partial charge is 0.286 e. The van der Waals surface area contributed by atoms with Crippen LogP contribution >= 0.6 is 0 Å². The summed E-state index contributed by atoms with van der Waals surface area (Å²) >= 11 is 0. The third-order valence-corrected chi connectivity index (χ3v) is 4.39. The van der Waals surface area contributed by atoms with Gasteiger partial charge in [-0.2, -0.15) is 5.10 Å². The number of hydrogen-bond acceptors (Lipinski definition) is 6. The molecule has 8 heteroatoms. The van der Waals surface area contributed by atoms with Crippen LogP contribution in [0.3, 0.4) is 0 Å². The SMILES string of the molecule is Cn1cc(C(=O)CNC(Cc2ccccc2)C(=O)C(N)=O)c(-c2ccccn2)n1. The van der Waals surface area contributed by atoms with Gasteiger partial charge in [0.05, 0.1) is 23.8 Å². The van der Waals surface area contributed by atoms with Gasteiger partial charge in [-0.15, -0.1) is 0 Å². The fraction of sp³-hybridized carbons (Fsp3) is 0.190.